The van der Waals surface area contributed by atoms with Crippen molar-refractivity contribution in [3.05, 3.63) is 11.3 Å². The third kappa shape index (κ3) is 1.83. The van der Waals surface area contributed by atoms with E-state index in [4.69, 9.17) is 0 Å². The number of esters is 1. The predicted molar refractivity (Wildman–Crippen MR) is 65.8 cm³/mol. The number of ether oxygens (including phenoxy) is 1. The van der Waals surface area contributed by atoms with Gasteiger partial charge in [-0.15, -0.1) is 0 Å². The molecule has 102 valence electrons. The fraction of sp³-hybridized carbons (Fsp3) is 0.643. The largest absolute Gasteiger partial charge is 0.512 e. The van der Waals surface area contributed by atoms with Crippen molar-refractivity contribution in [1.29, 1.82) is 5.26 Å². The summed E-state index contributed by atoms with van der Waals surface area (Å²) in [5, 5.41) is 19.4. The predicted octanol–water partition coefficient (Wildman–Crippen LogP) is 1.89. The van der Waals surface area contributed by atoms with E-state index in [1.54, 1.807) is 0 Å². The Morgan fingerprint density at radius 1 is 1.53 bits per heavy atom. The second-order valence-electron chi connectivity index (χ2n) is 5.33. The van der Waals surface area contributed by atoms with Gasteiger partial charge in [0.25, 0.3) is 0 Å². The Hall–Kier alpha value is -1.83. The molecule has 19 heavy (non-hydrogen) atoms. The number of nitrogens with zero attached hydrogens (tertiary/aromatic N) is 1. The fourth-order valence-corrected chi connectivity index (χ4v) is 3.30. The van der Waals surface area contributed by atoms with E-state index in [0.29, 0.717) is 12.8 Å². The normalized spacial score (nSPS) is 34.5. The van der Waals surface area contributed by atoms with Gasteiger partial charge >= 0.3 is 5.97 Å². The van der Waals surface area contributed by atoms with Crippen LogP contribution in [0.1, 0.15) is 32.6 Å². The zero-order chi connectivity index (χ0) is 14.2. The number of carbonyl (C=O) groups is 2. The second kappa shape index (κ2) is 4.69. The maximum Gasteiger partial charge on any atom is 0.337 e. The van der Waals surface area contributed by atoms with Crippen molar-refractivity contribution in [2.45, 2.75) is 32.6 Å². The molecule has 0 radical (unpaired) electrons. The molecule has 0 unspecified atom stereocenters. The van der Waals surface area contributed by atoms with E-state index in [2.05, 4.69) is 10.8 Å². The number of methoxy groups -OCH3 is 1. The number of aliphatic hydroxyl groups excluding tert-OH is 1. The molecule has 0 aliphatic heterocycles. The molecule has 2 aliphatic rings. The van der Waals surface area contributed by atoms with Gasteiger partial charge in [0.05, 0.1) is 18.8 Å². The molecule has 0 amide bonds. The summed E-state index contributed by atoms with van der Waals surface area (Å²) in [7, 11) is 1.23. The van der Waals surface area contributed by atoms with Crippen molar-refractivity contribution in [1.82, 2.24) is 0 Å². The Bertz CT molecular complexity index is 502. The molecular formula is C14H17NO4. The summed E-state index contributed by atoms with van der Waals surface area (Å²) in [6.45, 7) is 1.81. The Balaban J connectivity index is 2.52. The number of nitriles is 1. The molecular weight excluding hydrogens is 246 g/mol. The average Bonchev–Trinajstić information content (AvgIpc) is 2.42. The van der Waals surface area contributed by atoms with Gasteiger partial charge in [-0.2, -0.15) is 5.26 Å². The van der Waals surface area contributed by atoms with Crippen LogP contribution in [0.3, 0.4) is 0 Å². The number of Topliss-reactive ketones (excluding diaryl/α,β-unsaturated/α-hetero) is 1. The first-order valence-electron chi connectivity index (χ1n) is 6.43. The summed E-state index contributed by atoms with van der Waals surface area (Å²) in [6, 6.07) is 2.13. The highest BCUT2D eigenvalue weighted by Crippen LogP contribution is 2.51. The summed E-state index contributed by atoms with van der Waals surface area (Å²) in [5.74, 6) is -1.49. The van der Waals surface area contributed by atoms with Crippen LogP contribution in [0.4, 0.5) is 0 Å². The number of hydrogen-bond acceptors (Lipinski definition) is 5. The molecule has 0 aromatic carbocycles. The zero-order valence-corrected chi connectivity index (χ0v) is 11.1. The minimum atomic E-state index is -1.17. The van der Waals surface area contributed by atoms with Crippen LogP contribution >= 0.6 is 0 Å². The average molecular weight is 263 g/mol. The number of carbonyl (C=O) groups excluding carboxylic acids is 2. The maximum absolute atomic E-state index is 12.4. The summed E-state index contributed by atoms with van der Waals surface area (Å²) >= 11 is 0. The molecule has 5 nitrogen and oxygen atoms in total. The number of rotatable bonds is 1. The van der Waals surface area contributed by atoms with E-state index in [1.165, 1.54) is 7.11 Å². The molecule has 1 saturated carbocycles. The lowest BCUT2D eigenvalue weighted by atomic mass is 9.56. The van der Waals surface area contributed by atoms with Gasteiger partial charge in [0, 0.05) is 18.3 Å². The number of allylic oxidation sites excluding steroid dienone is 1. The molecule has 0 aromatic heterocycles. The van der Waals surface area contributed by atoms with Crippen molar-refractivity contribution < 1.29 is 19.4 Å². The second-order valence-corrected chi connectivity index (χ2v) is 5.33. The fourth-order valence-electron chi connectivity index (χ4n) is 3.30. The number of ketones is 1. The first kappa shape index (κ1) is 13.6. The smallest absolute Gasteiger partial charge is 0.337 e. The van der Waals surface area contributed by atoms with Gasteiger partial charge in [-0.05, 0) is 19.3 Å². The summed E-state index contributed by atoms with van der Waals surface area (Å²) in [5.41, 5.74) is -1.05. The maximum atomic E-state index is 12.4. The Morgan fingerprint density at radius 3 is 2.79 bits per heavy atom. The van der Waals surface area contributed by atoms with Crippen molar-refractivity contribution in [3.63, 3.8) is 0 Å². The molecule has 0 spiro atoms. The molecule has 0 aromatic rings. The Morgan fingerprint density at radius 2 is 2.21 bits per heavy atom. The monoisotopic (exact) mass is 263 g/mol. The van der Waals surface area contributed by atoms with Gasteiger partial charge in [-0.3, -0.25) is 4.79 Å². The minimum Gasteiger partial charge on any atom is -0.512 e. The van der Waals surface area contributed by atoms with Gasteiger partial charge in [-0.1, -0.05) is 6.92 Å². The lowest BCUT2D eigenvalue weighted by Gasteiger charge is -2.43. The standard InChI is InChI=1S/C14H17NO4/c1-8-3-4-9-11(13(18)19-2)10(16)5-6-14(9,7-15)12(8)17/h8-9,16H,3-6H2,1-2H3/t8-,9+,14+/m0/s1. The zero-order valence-electron chi connectivity index (χ0n) is 11.1. The van der Waals surface area contributed by atoms with Crippen molar-refractivity contribution in [2.75, 3.05) is 7.11 Å². The van der Waals surface area contributed by atoms with Gasteiger partial charge in [0.15, 0.2) is 5.78 Å². The van der Waals surface area contributed by atoms with E-state index < -0.39 is 17.3 Å². The molecule has 0 saturated heterocycles. The van der Waals surface area contributed by atoms with Crippen LogP contribution in [0.5, 0.6) is 0 Å². The highest BCUT2D eigenvalue weighted by Gasteiger charge is 2.55. The summed E-state index contributed by atoms with van der Waals surface area (Å²) in [4.78, 5) is 24.2. The van der Waals surface area contributed by atoms with E-state index in [9.17, 15) is 20.0 Å². The SMILES string of the molecule is COC(=O)C1=C(O)CC[C@]2(C#N)C(=O)[C@@H](C)CC[C@H]12. The van der Waals surface area contributed by atoms with E-state index in [0.717, 1.165) is 0 Å². The number of aliphatic hydroxyl groups is 1. The lowest BCUT2D eigenvalue weighted by molar-refractivity contribution is -0.141. The highest BCUT2D eigenvalue weighted by molar-refractivity contribution is 5.96. The van der Waals surface area contributed by atoms with Gasteiger partial charge < -0.3 is 9.84 Å². The number of fused-ring (bicyclic) bond motifs is 1. The molecule has 0 heterocycles. The van der Waals surface area contributed by atoms with E-state index in [1.807, 2.05) is 6.92 Å². The Kier molecular flexibility index (Phi) is 3.36. The van der Waals surface area contributed by atoms with Crippen molar-refractivity contribution >= 4 is 11.8 Å². The first-order valence-corrected chi connectivity index (χ1v) is 6.43. The topological polar surface area (TPSA) is 87.4 Å². The van der Waals surface area contributed by atoms with Crippen LogP contribution in [-0.2, 0) is 14.3 Å². The van der Waals surface area contributed by atoms with Gasteiger partial charge in [-0.25, -0.2) is 4.79 Å². The van der Waals surface area contributed by atoms with Crippen LogP contribution in [0.15, 0.2) is 11.3 Å². The molecule has 1 fully saturated rings. The quantitative estimate of drug-likeness (QED) is 0.730. The molecule has 5 heteroatoms. The van der Waals surface area contributed by atoms with Crippen LogP contribution in [-0.4, -0.2) is 24.0 Å². The molecule has 3 atom stereocenters. The summed E-state index contributed by atoms with van der Waals surface area (Å²) < 4.78 is 4.68. The Labute approximate surface area is 111 Å². The van der Waals surface area contributed by atoms with Crippen LogP contribution in [0.2, 0.25) is 0 Å². The van der Waals surface area contributed by atoms with Crippen LogP contribution < -0.4 is 0 Å². The van der Waals surface area contributed by atoms with Crippen molar-refractivity contribution in [3.8, 4) is 6.07 Å². The van der Waals surface area contributed by atoms with Gasteiger partial charge in [0.2, 0.25) is 0 Å². The van der Waals surface area contributed by atoms with E-state index in [-0.39, 0.29) is 35.9 Å². The first-order chi connectivity index (χ1) is 8.97. The van der Waals surface area contributed by atoms with Crippen LogP contribution in [0.25, 0.3) is 0 Å². The van der Waals surface area contributed by atoms with Crippen LogP contribution in [0, 0.1) is 28.6 Å². The molecule has 2 rings (SSSR count). The van der Waals surface area contributed by atoms with Crippen molar-refractivity contribution in [2.24, 2.45) is 17.3 Å². The molecule has 0 bridgehead atoms. The minimum absolute atomic E-state index is 0.0370. The third-order valence-electron chi connectivity index (χ3n) is 4.39. The van der Waals surface area contributed by atoms with Gasteiger partial charge in [0.1, 0.15) is 11.2 Å². The lowest BCUT2D eigenvalue weighted by Crippen LogP contribution is -2.48. The summed E-state index contributed by atoms with van der Waals surface area (Å²) in [6.07, 6.45) is 1.63. The molecule has 2 aliphatic carbocycles. The highest BCUT2D eigenvalue weighted by atomic mass is 16.5. The van der Waals surface area contributed by atoms with E-state index >= 15 is 0 Å². The third-order valence-corrected chi connectivity index (χ3v) is 4.39. The molecule has 1 N–H and O–H groups in total. The number of hydrogen-bond donors (Lipinski definition) is 1.